The number of benzene rings is 1. The molecule has 0 fully saturated rings. The second-order valence-electron chi connectivity index (χ2n) is 4.18. The predicted octanol–water partition coefficient (Wildman–Crippen LogP) is 5.69. The van der Waals surface area contributed by atoms with E-state index >= 15 is 0 Å². The van der Waals surface area contributed by atoms with Crippen molar-refractivity contribution in [1.82, 2.24) is 5.32 Å². The normalized spacial score (nSPS) is 13.0. The summed E-state index contributed by atoms with van der Waals surface area (Å²) in [6, 6.07) is 10.7. The molecular formula is C14H11BrClNS2. The fourth-order valence-corrected chi connectivity index (χ4v) is 5.04. The van der Waals surface area contributed by atoms with Crippen molar-refractivity contribution in [3.8, 4) is 0 Å². The Morgan fingerprint density at radius 3 is 2.79 bits per heavy atom. The van der Waals surface area contributed by atoms with E-state index in [4.69, 9.17) is 11.6 Å². The molecule has 0 aliphatic heterocycles. The second-order valence-corrected chi connectivity index (χ2v) is 7.90. The van der Waals surface area contributed by atoms with Crippen LogP contribution in [0.15, 0.2) is 39.5 Å². The van der Waals surface area contributed by atoms with Crippen molar-refractivity contribution in [2.75, 3.05) is 7.05 Å². The highest BCUT2D eigenvalue weighted by molar-refractivity contribution is 9.11. The van der Waals surface area contributed by atoms with Gasteiger partial charge in [-0.2, -0.15) is 0 Å². The largest absolute Gasteiger partial charge is 0.309 e. The average Bonchev–Trinajstić information content (AvgIpc) is 2.97. The minimum Gasteiger partial charge on any atom is -0.309 e. The highest BCUT2D eigenvalue weighted by Crippen LogP contribution is 2.40. The van der Waals surface area contributed by atoms with Gasteiger partial charge in [-0.15, -0.1) is 22.7 Å². The monoisotopic (exact) mass is 371 g/mol. The molecule has 0 spiro atoms. The van der Waals surface area contributed by atoms with Crippen molar-refractivity contribution in [2.45, 2.75) is 6.04 Å². The van der Waals surface area contributed by atoms with Crippen LogP contribution in [-0.4, -0.2) is 7.05 Å². The highest BCUT2D eigenvalue weighted by Gasteiger charge is 2.19. The smallest absolute Gasteiger partial charge is 0.0888 e. The molecular weight excluding hydrogens is 362 g/mol. The highest BCUT2D eigenvalue weighted by atomic mass is 79.9. The SMILES string of the molecule is CNC(c1cc(Cl)c(Br)s1)c1csc2ccccc12. The first-order valence-electron chi connectivity index (χ1n) is 5.79. The van der Waals surface area contributed by atoms with Gasteiger partial charge in [0, 0.05) is 9.58 Å². The van der Waals surface area contributed by atoms with Crippen molar-refractivity contribution >= 4 is 60.3 Å². The molecule has 1 unspecified atom stereocenters. The van der Waals surface area contributed by atoms with Gasteiger partial charge < -0.3 is 5.32 Å². The Kier molecular flexibility index (Phi) is 3.96. The summed E-state index contributed by atoms with van der Waals surface area (Å²) in [5, 5.41) is 7.71. The summed E-state index contributed by atoms with van der Waals surface area (Å²) in [6.07, 6.45) is 0. The zero-order valence-corrected chi connectivity index (χ0v) is 14.1. The number of nitrogens with one attached hydrogen (secondary N) is 1. The minimum absolute atomic E-state index is 0.185. The van der Waals surface area contributed by atoms with Gasteiger partial charge in [0.2, 0.25) is 0 Å². The maximum absolute atomic E-state index is 6.15. The number of hydrogen-bond donors (Lipinski definition) is 1. The molecule has 0 aliphatic rings. The lowest BCUT2D eigenvalue weighted by molar-refractivity contribution is 0.711. The summed E-state index contributed by atoms with van der Waals surface area (Å²) < 4.78 is 2.31. The molecule has 3 rings (SSSR count). The van der Waals surface area contributed by atoms with E-state index in [1.54, 1.807) is 22.7 Å². The fourth-order valence-electron chi connectivity index (χ4n) is 2.18. The summed E-state index contributed by atoms with van der Waals surface area (Å²) in [6.45, 7) is 0. The summed E-state index contributed by atoms with van der Waals surface area (Å²) in [7, 11) is 1.98. The predicted molar refractivity (Wildman–Crippen MR) is 89.8 cm³/mol. The Balaban J connectivity index is 2.12. The van der Waals surface area contributed by atoms with Crippen LogP contribution in [0, 0.1) is 0 Å². The first-order valence-corrected chi connectivity index (χ1v) is 8.65. The molecule has 0 saturated heterocycles. The molecule has 0 amide bonds. The number of rotatable bonds is 3. The van der Waals surface area contributed by atoms with Crippen LogP contribution in [0.4, 0.5) is 0 Å². The third-order valence-corrected chi connectivity index (χ3v) is 6.58. The number of fused-ring (bicyclic) bond motifs is 1. The maximum Gasteiger partial charge on any atom is 0.0888 e. The van der Waals surface area contributed by atoms with Gasteiger partial charge in [-0.25, -0.2) is 0 Å². The molecule has 1 N–H and O–H groups in total. The Morgan fingerprint density at radius 1 is 1.32 bits per heavy atom. The Bertz CT molecular complexity index is 700. The van der Waals surface area contributed by atoms with Crippen LogP contribution < -0.4 is 5.32 Å². The van der Waals surface area contributed by atoms with E-state index in [0.717, 1.165) is 8.81 Å². The van der Waals surface area contributed by atoms with Crippen LogP contribution in [0.25, 0.3) is 10.1 Å². The van der Waals surface area contributed by atoms with Gasteiger partial charge in [-0.05, 0) is 51.4 Å². The number of hydrogen-bond acceptors (Lipinski definition) is 3. The van der Waals surface area contributed by atoms with Gasteiger partial charge >= 0.3 is 0 Å². The zero-order valence-electron chi connectivity index (χ0n) is 10.1. The van der Waals surface area contributed by atoms with Gasteiger partial charge in [0.25, 0.3) is 0 Å². The van der Waals surface area contributed by atoms with Gasteiger partial charge in [0.05, 0.1) is 14.9 Å². The molecule has 0 bridgehead atoms. The quantitative estimate of drug-likeness (QED) is 0.623. The van der Waals surface area contributed by atoms with Crippen LogP contribution in [0.2, 0.25) is 5.02 Å². The van der Waals surface area contributed by atoms with E-state index in [1.165, 1.54) is 20.5 Å². The lowest BCUT2D eigenvalue weighted by atomic mass is 10.0. The van der Waals surface area contributed by atoms with Gasteiger partial charge in [-0.3, -0.25) is 0 Å². The lowest BCUT2D eigenvalue weighted by Crippen LogP contribution is -2.15. The molecule has 0 saturated carbocycles. The molecule has 1 aromatic carbocycles. The maximum atomic E-state index is 6.15. The van der Waals surface area contributed by atoms with Crippen LogP contribution >= 0.6 is 50.2 Å². The number of thiophene rings is 2. The Morgan fingerprint density at radius 2 is 2.11 bits per heavy atom. The van der Waals surface area contributed by atoms with Crippen molar-refractivity contribution in [2.24, 2.45) is 0 Å². The van der Waals surface area contributed by atoms with Gasteiger partial charge in [-0.1, -0.05) is 29.8 Å². The molecule has 3 aromatic rings. The summed E-state index contributed by atoms with van der Waals surface area (Å²) >= 11 is 13.1. The zero-order chi connectivity index (χ0) is 13.4. The first kappa shape index (κ1) is 13.6. The Hall–Kier alpha value is -0.390. The van der Waals surface area contributed by atoms with E-state index in [2.05, 4.69) is 50.9 Å². The molecule has 19 heavy (non-hydrogen) atoms. The number of halogens is 2. The fraction of sp³-hybridized carbons (Fsp3) is 0.143. The van der Waals surface area contributed by atoms with Crippen LogP contribution in [0.1, 0.15) is 16.5 Å². The van der Waals surface area contributed by atoms with Crippen molar-refractivity contribution in [1.29, 1.82) is 0 Å². The lowest BCUT2D eigenvalue weighted by Gasteiger charge is -2.13. The molecule has 98 valence electrons. The van der Waals surface area contributed by atoms with Crippen LogP contribution in [0.3, 0.4) is 0 Å². The third kappa shape index (κ3) is 2.48. The van der Waals surface area contributed by atoms with E-state index in [1.807, 2.05) is 13.1 Å². The van der Waals surface area contributed by atoms with Crippen molar-refractivity contribution < 1.29 is 0 Å². The van der Waals surface area contributed by atoms with Crippen LogP contribution in [-0.2, 0) is 0 Å². The summed E-state index contributed by atoms with van der Waals surface area (Å²) in [4.78, 5) is 1.22. The standard InChI is InChI=1S/C14H11BrClNS2/c1-17-13(12-6-10(16)14(15)19-12)9-7-18-11-5-3-2-4-8(9)11/h2-7,13,17H,1H3. The summed E-state index contributed by atoms with van der Waals surface area (Å²) in [5.41, 5.74) is 1.31. The summed E-state index contributed by atoms with van der Waals surface area (Å²) in [5.74, 6) is 0. The van der Waals surface area contributed by atoms with Gasteiger partial charge in [0.1, 0.15) is 0 Å². The van der Waals surface area contributed by atoms with E-state index in [0.29, 0.717) is 0 Å². The molecule has 0 aliphatic carbocycles. The first-order chi connectivity index (χ1) is 9.20. The van der Waals surface area contributed by atoms with Crippen molar-refractivity contribution in [3.05, 3.63) is 55.0 Å². The van der Waals surface area contributed by atoms with Gasteiger partial charge in [0.15, 0.2) is 0 Å². The molecule has 5 heteroatoms. The topological polar surface area (TPSA) is 12.0 Å². The average molecular weight is 373 g/mol. The Labute approximate surface area is 133 Å². The third-order valence-electron chi connectivity index (χ3n) is 3.06. The van der Waals surface area contributed by atoms with E-state index in [9.17, 15) is 0 Å². The van der Waals surface area contributed by atoms with Crippen LogP contribution in [0.5, 0.6) is 0 Å². The van der Waals surface area contributed by atoms with E-state index in [-0.39, 0.29) is 6.04 Å². The molecule has 0 radical (unpaired) electrons. The molecule has 2 heterocycles. The van der Waals surface area contributed by atoms with E-state index < -0.39 is 0 Å². The second kappa shape index (κ2) is 5.54. The minimum atomic E-state index is 0.185. The molecule has 2 aromatic heterocycles. The van der Waals surface area contributed by atoms with Crippen molar-refractivity contribution in [3.63, 3.8) is 0 Å². The molecule has 1 atom stereocenters. The molecule has 1 nitrogen and oxygen atoms in total.